The first-order valence-corrected chi connectivity index (χ1v) is 13.7. The number of carbonyl (C=O) groups is 3. The molecule has 0 spiro atoms. The fourth-order valence-corrected chi connectivity index (χ4v) is 5.00. The van der Waals surface area contributed by atoms with Crippen LogP contribution in [0.15, 0.2) is 86.0 Å². The topological polar surface area (TPSA) is 95.9 Å². The van der Waals surface area contributed by atoms with E-state index in [9.17, 15) is 19.5 Å². The van der Waals surface area contributed by atoms with Gasteiger partial charge < -0.3 is 20.1 Å². The molecule has 3 rings (SSSR count). The summed E-state index contributed by atoms with van der Waals surface area (Å²) in [7, 11) is 0. The van der Waals surface area contributed by atoms with Gasteiger partial charge in [-0.2, -0.15) is 0 Å². The Morgan fingerprint density at radius 2 is 1.64 bits per heavy atom. The summed E-state index contributed by atoms with van der Waals surface area (Å²) < 4.78 is 5.98. The molecule has 2 aromatic carbocycles. The van der Waals surface area contributed by atoms with E-state index < -0.39 is 17.9 Å². The number of allylic oxidation sites excluding steroid dienone is 2. The Morgan fingerprint density at radius 1 is 1.00 bits per heavy atom. The van der Waals surface area contributed by atoms with Crippen LogP contribution in [0.2, 0.25) is 0 Å². The normalized spacial score (nSPS) is 17.1. The number of aliphatic hydroxyl groups excluding tert-OH is 1. The van der Waals surface area contributed by atoms with Crippen LogP contribution in [0.3, 0.4) is 0 Å². The summed E-state index contributed by atoms with van der Waals surface area (Å²) in [4.78, 5) is 41.1. The highest BCUT2D eigenvalue weighted by molar-refractivity contribution is 5.86. The number of amides is 2. The highest BCUT2D eigenvalue weighted by Gasteiger charge is 2.31. The van der Waals surface area contributed by atoms with Crippen LogP contribution in [0.25, 0.3) is 0 Å². The fraction of sp³-hybridized carbons (Fsp3) is 0.406. The predicted molar refractivity (Wildman–Crippen MR) is 151 cm³/mol. The molecule has 0 saturated carbocycles. The Bertz CT molecular complexity index is 1090. The Kier molecular flexibility index (Phi) is 12.0. The van der Waals surface area contributed by atoms with Gasteiger partial charge in [0.25, 0.3) is 0 Å². The largest absolute Gasteiger partial charge is 0.455 e. The molecule has 0 bridgehead atoms. The minimum absolute atomic E-state index is 0.0304. The monoisotopic (exact) mass is 532 g/mol. The molecule has 0 unspecified atom stereocenters. The molecule has 1 fully saturated rings. The highest BCUT2D eigenvalue weighted by atomic mass is 16.5. The number of nitrogens with zero attached hydrogens (tertiary/aromatic N) is 1. The average molecular weight is 533 g/mol. The summed E-state index contributed by atoms with van der Waals surface area (Å²) in [5.41, 5.74) is 1.80. The Morgan fingerprint density at radius 3 is 2.28 bits per heavy atom. The lowest BCUT2D eigenvalue weighted by atomic mass is 9.96. The van der Waals surface area contributed by atoms with Crippen molar-refractivity contribution in [3.63, 3.8) is 0 Å². The molecule has 7 nitrogen and oxygen atoms in total. The van der Waals surface area contributed by atoms with Crippen LogP contribution in [-0.2, 0) is 25.5 Å². The lowest BCUT2D eigenvalue weighted by Gasteiger charge is -2.26. The minimum atomic E-state index is -0.692. The van der Waals surface area contributed by atoms with Crippen molar-refractivity contribution in [3.05, 3.63) is 97.1 Å². The van der Waals surface area contributed by atoms with Gasteiger partial charge in [0.05, 0.1) is 31.0 Å². The molecule has 0 radical (unpaired) electrons. The summed E-state index contributed by atoms with van der Waals surface area (Å²) in [5, 5.41) is 12.5. The van der Waals surface area contributed by atoms with Gasteiger partial charge in [0, 0.05) is 13.0 Å². The molecule has 208 valence electrons. The third-order valence-corrected chi connectivity index (χ3v) is 7.15. The molecule has 1 aliphatic heterocycles. The molecule has 0 aliphatic carbocycles. The third-order valence-electron chi connectivity index (χ3n) is 7.15. The zero-order valence-corrected chi connectivity index (χ0v) is 22.5. The first-order chi connectivity index (χ1) is 19.0. The fourth-order valence-electron chi connectivity index (χ4n) is 5.00. The number of likely N-dealkylation sites (tertiary alicyclic amines) is 1. The average Bonchev–Trinajstić information content (AvgIpc) is 3.45. The standard InChI is InChI=1S/C32H40N2O5/c1-3-12-26(21-30(36)34-19-11-18-28(34)23-35)31(37)33-22-29(25-16-9-6-10-17-25)39-32(38)27(13-4-2)20-24-14-7-5-8-15-24/h3-10,14-17,26-29,35H,1-2,11-13,18-23H2,(H,33,37)/t26-,27+,28-,29-/m0/s1. The lowest BCUT2D eigenvalue weighted by molar-refractivity contribution is -0.154. The molecule has 39 heavy (non-hydrogen) atoms. The molecule has 2 N–H and O–H groups in total. The summed E-state index contributed by atoms with van der Waals surface area (Å²) >= 11 is 0. The predicted octanol–water partition coefficient (Wildman–Crippen LogP) is 4.39. The maximum Gasteiger partial charge on any atom is 0.310 e. The van der Waals surface area contributed by atoms with Gasteiger partial charge >= 0.3 is 5.97 Å². The lowest BCUT2D eigenvalue weighted by Crippen LogP contribution is -2.41. The van der Waals surface area contributed by atoms with Crippen LogP contribution in [0, 0.1) is 11.8 Å². The number of rotatable bonds is 15. The molecule has 4 atom stereocenters. The summed E-state index contributed by atoms with van der Waals surface area (Å²) in [6, 6.07) is 18.9. The second kappa shape index (κ2) is 15.6. The van der Waals surface area contributed by atoms with Crippen LogP contribution in [0.1, 0.15) is 49.3 Å². The molecule has 1 saturated heterocycles. The molecule has 7 heteroatoms. The molecule has 0 aromatic heterocycles. The van der Waals surface area contributed by atoms with E-state index >= 15 is 0 Å². The number of aliphatic hydroxyl groups is 1. The molecule has 1 aliphatic rings. The molecule has 2 aromatic rings. The Labute approximate surface area is 231 Å². The molecular formula is C32H40N2O5. The maximum atomic E-state index is 13.3. The minimum Gasteiger partial charge on any atom is -0.455 e. The van der Waals surface area contributed by atoms with Crippen molar-refractivity contribution in [2.24, 2.45) is 11.8 Å². The number of nitrogens with one attached hydrogen (secondary N) is 1. The van der Waals surface area contributed by atoms with Crippen molar-refractivity contribution in [3.8, 4) is 0 Å². The van der Waals surface area contributed by atoms with Crippen molar-refractivity contribution in [1.29, 1.82) is 0 Å². The third kappa shape index (κ3) is 8.93. The van der Waals surface area contributed by atoms with Crippen molar-refractivity contribution in [2.75, 3.05) is 19.7 Å². The second-order valence-electron chi connectivity index (χ2n) is 9.98. The van der Waals surface area contributed by atoms with Crippen molar-refractivity contribution >= 4 is 17.8 Å². The summed E-state index contributed by atoms with van der Waals surface area (Å²) in [5.74, 6) is -1.81. The molecule has 2 amide bonds. The van der Waals surface area contributed by atoms with Crippen LogP contribution in [0.4, 0.5) is 0 Å². The van der Waals surface area contributed by atoms with Gasteiger partial charge in [-0.15, -0.1) is 13.2 Å². The van der Waals surface area contributed by atoms with Crippen LogP contribution in [-0.4, -0.2) is 53.5 Å². The van der Waals surface area contributed by atoms with Gasteiger partial charge in [0.15, 0.2) is 0 Å². The van der Waals surface area contributed by atoms with E-state index in [-0.39, 0.29) is 43.4 Å². The van der Waals surface area contributed by atoms with E-state index in [0.29, 0.717) is 25.8 Å². The van der Waals surface area contributed by atoms with Crippen molar-refractivity contribution < 1.29 is 24.2 Å². The van der Waals surface area contributed by atoms with E-state index in [1.807, 2.05) is 60.7 Å². The quantitative estimate of drug-likeness (QED) is 0.262. The van der Waals surface area contributed by atoms with Crippen molar-refractivity contribution in [2.45, 2.75) is 50.7 Å². The Hall–Kier alpha value is -3.71. The zero-order valence-electron chi connectivity index (χ0n) is 22.5. The van der Waals surface area contributed by atoms with E-state index in [4.69, 9.17) is 4.74 Å². The molecular weight excluding hydrogens is 492 g/mol. The van der Waals surface area contributed by atoms with Crippen LogP contribution >= 0.6 is 0 Å². The van der Waals surface area contributed by atoms with Gasteiger partial charge in [-0.1, -0.05) is 72.8 Å². The second-order valence-corrected chi connectivity index (χ2v) is 9.98. The van der Waals surface area contributed by atoms with Gasteiger partial charge in [0.2, 0.25) is 11.8 Å². The van der Waals surface area contributed by atoms with E-state index in [1.54, 1.807) is 17.1 Å². The summed E-state index contributed by atoms with van der Waals surface area (Å²) in [6.45, 7) is 8.14. The first kappa shape index (κ1) is 29.8. The number of carbonyl (C=O) groups excluding carboxylic acids is 3. The number of benzene rings is 2. The summed E-state index contributed by atoms with van der Waals surface area (Å²) in [6.07, 6.45) is 5.62. The van der Waals surface area contributed by atoms with E-state index in [0.717, 1.165) is 24.0 Å². The number of hydrogen-bond acceptors (Lipinski definition) is 5. The number of ether oxygens (including phenoxy) is 1. The van der Waals surface area contributed by atoms with Gasteiger partial charge in [-0.3, -0.25) is 14.4 Å². The first-order valence-electron chi connectivity index (χ1n) is 13.7. The van der Waals surface area contributed by atoms with Crippen LogP contribution < -0.4 is 5.32 Å². The number of hydrogen-bond donors (Lipinski definition) is 2. The SMILES string of the molecule is C=CC[C@@H](CC(=O)N1CCC[C@H]1CO)C(=O)NC[C@H](OC(=O)[C@H](CC=C)Cc1ccccc1)c1ccccc1. The van der Waals surface area contributed by atoms with Crippen LogP contribution in [0.5, 0.6) is 0 Å². The van der Waals surface area contributed by atoms with Gasteiger partial charge in [-0.05, 0) is 43.2 Å². The number of esters is 1. The van der Waals surface area contributed by atoms with E-state index in [2.05, 4.69) is 18.5 Å². The zero-order chi connectivity index (χ0) is 28.0. The highest BCUT2D eigenvalue weighted by Crippen LogP contribution is 2.24. The smallest absolute Gasteiger partial charge is 0.310 e. The van der Waals surface area contributed by atoms with Crippen molar-refractivity contribution in [1.82, 2.24) is 10.2 Å². The maximum absolute atomic E-state index is 13.3. The van der Waals surface area contributed by atoms with E-state index in [1.165, 1.54) is 0 Å². The van der Waals surface area contributed by atoms with Gasteiger partial charge in [-0.25, -0.2) is 0 Å². The Balaban J connectivity index is 1.68. The van der Waals surface area contributed by atoms with Gasteiger partial charge in [0.1, 0.15) is 6.10 Å². The molecule has 1 heterocycles.